The third-order valence-corrected chi connectivity index (χ3v) is 8.95. The summed E-state index contributed by atoms with van der Waals surface area (Å²) >= 11 is 0. The number of piperidine rings is 1. The second-order valence-electron chi connectivity index (χ2n) is 9.45. The number of sulfonamides is 1. The van der Waals surface area contributed by atoms with E-state index in [1.807, 2.05) is 30.9 Å². The van der Waals surface area contributed by atoms with E-state index in [2.05, 4.69) is 43.7 Å². The molecule has 186 valence electrons. The van der Waals surface area contributed by atoms with Gasteiger partial charge in [-0.3, -0.25) is 14.9 Å². The third kappa shape index (κ3) is 5.64. The smallest absolute Gasteiger partial charge is 0.213 e. The summed E-state index contributed by atoms with van der Waals surface area (Å²) in [7, 11) is -3.13. The molecule has 2 aromatic heterocycles. The number of hydrogen-bond acceptors (Lipinski definition) is 7. The Hall–Kier alpha value is -2.59. The van der Waals surface area contributed by atoms with Crippen LogP contribution in [-0.2, 0) is 16.6 Å². The predicted octanol–water partition coefficient (Wildman–Crippen LogP) is 2.93. The Bertz CT molecular complexity index is 1270. The van der Waals surface area contributed by atoms with E-state index in [9.17, 15) is 8.42 Å². The van der Waals surface area contributed by atoms with Crippen molar-refractivity contribution in [2.75, 3.05) is 50.3 Å². The van der Waals surface area contributed by atoms with E-state index in [-0.39, 0.29) is 11.8 Å². The van der Waals surface area contributed by atoms with E-state index in [1.165, 1.54) is 5.56 Å². The maximum atomic E-state index is 12.2. The summed E-state index contributed by atoms with van der Waals surface area (Å²) in [5, 5.41) is 9.31. The average Bonchev–Trinajstić information content (AvgIpc) is 2.90. The van der Waals surface area contributed by atoms with Crippen molar-refractivity contribution in [1.82, 2.24) is 24.5 Å². The van der Waals surface area contributed by atoms with Crippen molar-refractivity contribution >= 4 is 26.5 Å². The molecule has 1 aromatic carbocycles. The lowest BCUT2D eigenvalue weighted by molar-refractivity contribution is 0.233. The molecule has 5 rings (SSSR count). The topological polar surface area (TPSA) is 90.5 Å². The lowest BCUT2D eigenvalue weighted by Crippen LogP contribution is -2.42. The van der Waals surface area contributed by atoms with Gasteiger partial charge in [-0.25, -0.2) is 12.7 Å². The molecule has 0 atom stereocenters. The first kappa shape index (κ1) is 24.1. The Morgan fingerprint density at radius 1 is 1.00 bits per heavy atom. The fraction of sp³-hybridized carbons (Fsp3) is 0.462. The van der Waals surface area contributed by atoms with E-state index >= 15 is 0 Å². The molecule has 0 unspecified atom stereocenters. The van der Waals surface area contributed by atoms with Crippen LogP contribution in [-0.4, -0.2) is 78.7 Å². The van der Waals surface area contributed by atoms with Gasteiger partial charge in [-0.05, 0) is 60.5 Å². The van der Waals surface area contributed by atoms with Gasteiger partial charge in [0.15, 0.2) is 0 Å². The first-order chi connectivity index (χ1) is 17.0. The molecular formula is C26H34N6O2S. The molecule has 2 saturated heterocycles. The van der Waals surface area contributed by atoms with Gasteiger partial charge in [-0.2, -0.15) is 0 Å². The highest BCUT2D eigenvalue weighted by molar-refractivity contribution is 7.89. The Labute approximate surface area is 207 Å². The molecule has 3 aromatic rings. The molecule has 0 radical (unpaired) electrons. The Balaban J connectivity index is 1.38. The largest absolute Gasteiger partial charge is 0.382 e. The van der Waals surface area contributed by atoms with Gasteiger partial charge in [-0.15, -0.1) is 0 Å². The zero-order valence-corrected chi connectivity index (χ0v) is 21.1. The fourth-order valence-electron chi connectivity index (χ4n) is 5.02. The van der Waals surface area contributed by atoms with Crippen molar-refractivity contribution in [2.45, 2.75) is 32.4 Å². The molecule has 2 aliphatic heterocycles. The fourth-order valence-corrected chi connectivity index (χ4v) is 6.16. The maximum Gasteiger partial charge on any atom is 0.213 e. The zero-order chi connectivity index (χ0) is 24.3. The molecule has 2 N–H and O–H groups in total. The summed E-state index contributed by atoms with van der Waals surface area (Å²) < 4.78 is 26.1. The monoisotopic (exact) mass is 494 g/mol. The molecule has 0 amide bonds. The third-order valence-electron chi connectivity index (χ3n) is 7.07. The number of rotatable bonds is 7. The summed E-state index contributed by atoms with van der Waals surface area (Å²) in [5.41, 5.74) is 4.48. The van der Waals surface area contributed by atoms with Crippen LogP contribution in [0.15, 0.2) is 49.1 Å². The molecule has 35 heavy (non-hydrogen) atoms. The first-order valence-electron chi connectivity index (χ1n) is 12.5. The lowest BCUT2D eigenvalue weighted by Gasteiger charge is -2.32. The SMILES string of the molecule is CCS(=O)(=O)N1CCC(Nc2cc(-c3cncc(CN4CCNCC4)c3)cc3ccncc23)CC1. The van der Waals surface area contributed by atoms with Crippen molar-refractivity contribution in [3.05, 3.63) is 54.6 Å². The van der Waals surface area contributed by atoms with E-state index in [4.69, 9.17) is 0 Å². The van der Waals surface area contributed by atoms with Gasteiger partial charge < -0.3 is 10.6 Å². The van der Waals surface area contributed by atoms with Crippen LogP contribution in [0.4, 0.5) is 5.69 Å². The van der Waals surface area contributed by atoms with Crippen LogP contribution >= 0.6 is 0 Å². The summed E-state index contributed by atoms with van der Waals surface area (Å²) in [4.78, 5) is 11.4. The molecule has 8 nitrogen and oxygen atoms in total. The van der Waals surface area contributed by atoms with Gasteiger partial charge in [0, 0.05) is 93.3 Å². The van der Waals surface area contributed by atoms with Crippen molar-refractivity contribution in [2.24, 2.45) is 0 Å². The molecule has 4 heterocycles. The number of nitrogens with one attached hydrogen (secondary N) is 2. The number of fused-ring (bicyclic) bond motifs is 1. The van der Waals surface area contributed by atoms with Gasteiger partial charge in [0.2, 0.25) is 10.0 Å². The van der Waals surface area contributed by atoms with Crippen molar-refractivity contribution in [3.8, 4) is 11.1 Å². The van der Waals surface area contributed by atoms with Crippen molar-refractivity contribution in [3.63, 3.8) is 0 Å². The Morgan fingerprint density at radius 2 is 1.80 bits per heavy atom. The van der Waals surface area contributed by atoms with Gasteiger partial charge in [-0.1, -0.05) is 0 Å². The van der Waals surface area contributed by atoms with Crippen LogP contribution < -0.4 is 10.6 Å². The molecule has 0 bridgehead atoms. The Morgan fingerprint density at radius 3 is 2.57 bits per heavy atom. The van der Waals surface area contributed by atoms with Crippen LogP contribution in [0.5, 0.6) is 0 Å². The minimum absolute atomic E-state index is 0.158. The number of aromatic nitrogens is 2. The highest BCUT2D eigenvalue weighted by Gasteiger charge is 2.27. The molecule has 0 aliphatic carbocycles. The first-order valence-corrected chi connectivity index (χ1v) is 14.1. The lowest BCUT2D eigenvalue weighted by atomic mass is 9.99. The van der Waals surface area contributed by atoms with Crippen LogP contribution in [0.3, 0.4) is 0 Å². The summed E-state index contributed by atoms with van der Waals surface area (Å²) in [6.45, 7) is 7.90. The van der Waals surface area contributed by atoms with E-state index in [0.29, 0.717) is 13.1 Å². The molecule has 2 fully saturated rings. The minimum Gasteiger partial charge on any atom is -0.382 e. The average molecular weight is 495 g/mol. The molecule has 2 aliphatic rings. The number of pyridine rings is 2. The van der Waals surface area contributed by atoms with Gasteiger partial charge in [0.05, 0.1) is 5.75 Å². The highest BCUT2D eigenvalue weighted by Crippen LogP contribution is 2.32. The summed E-state index contributed by atoms with van der Waals surface area (Å²) in [6.07, 6.45) is 9.19. The zero-order valence-electron chi connectivity index (χ0n) is 20.3. The number of anilines is 1. The van der Waals surface area contributed by atoms with Crippen LogP contribution in [0, 0.1) is 0 Å². The van der Waals surface area contributed by atoms with Crippen LogP contribution in [0.2, 0.25) is 0 Å². The minimum atomic E-state index is -3.13. The van der Waals surface area contributed by atoms with Crippen LogP contribution in [0.25, 0.3) is 21.9 Å². The Kier molecular flexibility index (Phi) is 7.29. The number of nitrogens with zero attached hydrogens (tertiary/aromatic N) is 4. The number of benzene rings is 1. The van der Waals surface area contributed by atoms with E-state index < -0.39 is 10.0 Å². The normalized spacial score (nSPS) is 18.7. The van der Waals surface area contributed by atoms with Crippen LogP contribution in [0.1, 0.15) is 25.3 Å². The maximum absolute atomic E-state index is 12.2. The second-order valence-corrected chi connectivity index (χ2v) is 11.7. The number of hydrogen-bond donors (Lipinski definition) is 2. The summed E-state index contributed by atoms with van der Waals surface area (Å²) in [6, 6.07) is 8.89. The van der Waals surface area contributed by atoms with Gasteiger partial charge in [0.1, 0.15) is 0 Å². The van der Waals surface area contributed by atoms with E-state index in [1.54, 1.807) is 11.2 Å². The van der Waals surface area contributed by atoms with Gasteiger partial charge in [0.25, 0.3) is 0 Å². The molecule has 0 spiro atoms. The molecule has 9 heteroatoms. The van der Waals surface area contributed by atoms with E-state index in [0.717, 1.165) is 73.2 Å². The number of piperazine rings is 1. The van der Waals surface area contributed by atoms with Gasteiger partial charge >= 0.3 is 0 Å². The molecule has 0 saturated carbocycles. The quantitative estimate of drug-likeness (QED) is 0.522. The highest BCUT2D eigenvalue weighted by atomic mass is 32.2. The standard InChI is InChI=1S/C26H34N6O2S/c1-2-35(33,34)32-9-4-24(5-10-32)30-26-15-22(14-21-3-6-28-18-25(21)26)23-13-20(16-29-17-23)19-31-11-7-27-8-12-31/h3,6,13-18,24,27,30H,2,4-5,7-12,19H2,1H3. The second kappa shape index (κ2) is 10.6. The summed E-state index contributed by atoms with van der Waals surface area (Å²) in [5.74, 6) is 0.158. The predicted molar refractivity (Wildman–Crippen MR) is 141 cm³/mol. The molecular weight excluding hydrogens is 460 g/mol. The van der Waals surface area contributed by atoms with Crippen molar-refractivity contribution in [1.29, 1.82) is 0 Å². The van der Waals surface area contributed by atoms with Crippen molar-refractivity contribution < 1.29 is 8.42 Å².